The lowest BCUT2D eigenvalue weighted by molar-refractivity contribution is 0.976. The van der Waals surface area contributed by atoms with Gasteiger partial charge in [0.15, 0.2) is 0 Å². The Morgan fingerprint density at radius 1 is 1.12 bits per heavy atom. The van der Waals surface area contributed by atoms with Gasteiger partial charge in [0, 0.05) is 23.8 Å². The fraction of sp³-hybridized carbons (Fsp3) is 0.0909. The zero-order valence-corrected chi connectivity index (χ0v) is 10.0. The fourth-order valence-corrected chi connectivity index (χ4v) is 1.97. The van der Waals surface area contributed by atoms with Gasteiger partial charge in [-0.15, -0.1) is 0 Å². The first-order valence-corrected chi connectivity index (χ1v) is 5.92. The molecule has 0 spiro atoms. The Morgan fingerprint density at radius 2 is 2.00 bits per heavy atom. The molecule has 0 saturated carbocycles. The minimum atomic E-state index is 0.462. The van der Waals surface area contributed by atoms with Crippen molar-refractivity contribution in [2.45, 2.75) is 16.5 Å². The standard InChI is InChI=1S/C11H10ClN3S/c12-8-1-4-11(15-6-8)16-10-3-2-9(5-13)14-7-10/h1-4,6-7H,5,13H2. The molecular weight excluding hydrogens is 242 g/mol. The van der Waals surface area contributed by atoms with E-state index in [1.54, 1.807) is 24.2 Å². The van der Waals surface area contributed by atoms with E-state index >= 15 is 0 Å². The number of nitrogens with two attached hydrogens (primary N) is 1. The van der Waals surface area contributed by atoms with Crippen LogP contribution in [0.15, 0.2) is 46.6 Å². The predicted molar refractivity (Wildman–Crippen MR) is 65.5 cm³/mol. The zero-order chi connectivity index (χ0) is 11.4. The number of pyridine rings is 2. The molecule has 0 bridgehead atoms. The smallest absolute Gasteiger partial charge is 0.101 e. The first kappa shape index (κ1) is 11.4. The lowest BCUT2D eigenvalue weighted by Gasteiger charge is -2.01. The average molecular weight is 252 g/mol. The van der Waals surface area contributed by atoms with Gasteiger partial charge in [0.05, 0.1) is 10.7 Å². The van der Waals surface area contributed by atoms with Crippen molar-refractivity contribution in [2.24, 2.45) is 5.73 Å². The molecule has 3 nitrogen and oxygen atoms in total. The number of aromatic nitrogens is 2. The van der Waals surface area contributed by atoms with E-state index in [1.165, 1.54) is 0 Å². The van der Waals surface area contributed by atoms with E-state index in [4.69, 9.17) is 17.3 Å². The van der Waals surface area contributed by atoms with Crippen molar-refractivity contribution in [1.82, 2.24) is 9.97 Å². The second-order valence-electron chi connectivity index (χ2n) is 3.11. The molecule has 0 radical (unpaired) electrons. The third-order valence-corrected chi connectivity index (χ3v) is 3.08. The number of hydrogen-bond acceptors (Lipinski definition) is 4. The van der Waals surface area contributed by atoms with Crippen molar-refractivity contribution in [3.05, 3.63) is 47.4 Å². The van der Waals surface area contributed by atoms with Crippen LogP contribution < -0.4 is 5.73 Å². The maximum Gasteiger partial charge on any atom is 0.101 e. The van der Waals surface area contributed by atoms with E-state index in [2.05, 4.69) is 9.97 Å². The van der Waals surface area contributed by atoms with E-state index < -0.39 is 0 Å². The monoisotopic (exact) mass is 251 g/mol. The molecule has 5 heteroatoms. The SMILES string of the molecule is NCc1ccc(Sc2ccc(Cl)cn2)cn1. The summed E-state index contributed by atoms with van der Waals surface area (Å²) in [5, 5.41) is 1.53. The van der Waals surface area contributed by atoms with Gasteiger partial charge >= 0.3 is 0 Å². The molecule has 0 fully saturated rings. The largest absolute Gasteiger partial charge is 0.325 e. The van der Waals surface area contributed by atoms with Gasteiger partial charge in [0.1, 0.15) is 5.03 Å². The van der Waals surface area contributed by atoms with Gasteiger partial charge in [0.2, 0.25) is 0 Å². The summed E-state index contributed by atoms with van der Waals surface area (Å²) in [4.78, 5) is 9.44. The minimum Gasteiger partial charge on any atom is -0.325 e. The number of nitrogens with zero attached hydrogens (tertiary/aromatic N) is 2. The number of rotatable bonds is 3. The quantitative estimate of drug-likeness (QED) is 0.911. The van der Waals surface area contributed by atoms with Crippen molar-refractivity contribution in [1.29, 1.82) is 0 Å². The molecular formula is C11H10ClN3S. The fourth-order valence-electron chi connectivity index (χ4n) is 1.14. The Hall–Kier alpha value is -1.10. The Kier molecular flexibility index (Phi) is 3.77. The van der Waals surface area contributed by atoms with Gasteiger partial charge in [-0.05, 0) is 24.3 Å². The van der Waals surface area contributed by atoms with Crippen LogP contribution in [0.2, 0.25) is 5.02 Å². The topological polar surface area (TPSA) is 51.8 Å². The molecule has 0 aromatic carbocycles. The predicted octanol–water partition coefficient (Wildman–Crippen LogP) is 2.74. The highest BCUT2D eigenvalue weighted by Crippen LogP contribution is 2.25. The molecule has 2 aromatic rings. The third-order valence-electron chi connectivity index (χ3n) is 1.93. The normalized spacial score (nSPS) is 10.4. The highest BCUT2D eigenvalue weighted by atomic mass is 35.5. The van der Waals surface area contributed by atoms with E-state index in [1.807, 2.05) is 24.3 Å². The van der Waals surface area contributed by atoms with E-state index in [9.17, 15) is 0 Å². The molecule has 0 aliphatic carbocycles. The highest BCUT2D eigenvalue weighted by Gasteiger charge is 1.99. The molecule has 2 aromatic heterocycles. The van der Waals surface area contributed by atoms with Crippen LogP contribution in [0.3, 0.4) is 0 Å². The Morgan fingerprint density at radius 3 is 2.56 bits per heavy atom. The Balaban J connectivity index is 2.11. The lowest BCUT2D eigenvalue weighted by atomic mass is 10.4. The maximum absolute atomic E-state index is 5.76. The summed E-state index contributed by atoms with van der Waals surface area (Å²) in [7, 11) is 0. The number of hydrogen-bond donors (Lipinski definition) is 1. The zero-order valence-electron chi connectivity index (χ0n) is 8.43. The first-order valence-electron chi connectivity index (χ1n) is 4.72. The molecule has 0 aliphatic rings. The summed E-state index contributed by atoms with van der Waals surface area (Å²) in [6.45, 7) is 0.462. The number of halogens is 1. The summed E-state index contributed by atoms with van der Waals surface area (Å²) in [6.07, 6.45) is 3.43. The van der Waals surface area contributed by atoms with Crippen LogP contribution in [0.1, 0.15) is 5.69 Å². The Labute approximate surface area is 103 Å². The van der Waals surface area contributed by atoms with Crippen LogP contribution in [0.4, 0.5) is 0 Å². The van der Waals surface area contributed by atoms with Crippen molar-refractivity contribution in [2.75, 3.05) is 0 Å². The summed E-state index contributed by atoms with van der Waals surface area (Å²) in [5.41, 5.74) is 6.36. The van der Waals surface area contributed by atoms with Gasteiger partial charge in [-0.25, -0.2) is 4.98 Å². The molecule has 0 unspecified atom stereocenters. The molecule has 2 rings (SSSR count). The van der Waals surface area contributed by atoms with Crippen molar-refractivity contribution < 1.29 is 0 Å². The van der Waals surface area contributed by atoms with Crippen LogP contribution >= 0.6 is 23.4 Å². The highest BCUT2D eigenvalue weighted by molar-refractivity contribution is 7.99. The van der Waals surface area contributed by atoms with Gasteiger partial charge in [-0.3, -0.25) is 4.98 Å². The summed E-state index contributed by atoms with van der Waals surface area (Å²) in [6, 6.07) is 7.59. The van der Waals surface area contributed by atoms with Gasteiger partial charge in [-0.1, -0.05) is 23.4 Å². The Bertz CT molecular complexity index is 456. The second kappa shape index (κ2) is 5.30. The van der Waals surface area contributed by atoms with Crippen LogP contribution in [0.25, 0.3) is 0 Å². The van der Waals surface area contributed by atoms with Crippen LogP contribution in [-0.2, 0) is 6.54 Å². The van der Waals surface area contributed by atoms with Gasteiger partial charge in [0.25, 0.3) is 0 Å². The molecule has 0 amide bonds. The van der Waals surface area contributed by atoms with E-state index in [-0.39, 0.29) is 0 Å². The average Bonchev–Trinajstić information content (AvgIpc) is 2.33. The molecule has 0 saturated heterocycles. The summed E-state index contributed by atoms with van der Waals surface area (Å²) < 4.78 is 0. The van der Waals surface area contributed by atoms with Crippen LogP contribution in [0.5, 0.6) is 0 Å². The first-order chi connectivity index (χ1) is 7.78. The maximum atomic E-state index is 5.76. The molecule has 2 heterocycles. The molecule has 2 N–H and O–H groups in total. The van der Waals surface area contributed by atoms with E-state index in [0.717, 1.165) is 15.6 Å². The molecule has 0 atom stereocenters. The summed E-state index contributed by atoms with van der Waals surface area (Å²) >= 11 is 7.30. The van der Waals surface area contributed by atoms with Crippen molar-refractivity contribution in [3.8, 4) is 0 Å². The van der Waals surface area contributed by atoms with Crippen LogP contribution in [0, 0.1) is 0 Å². The third kappa shape index (κ3) is 2.95. The minimum absolute atomic E-state index is 0.462. The van der Waals surface area contributed by atoms with Crippen molar-refractivity contribution >= 4 is 23.4 Å². The van der Waals surface area contributed by atoms with Gasteiger partial charge < -0.3 is 5.73 Å². The van der Waals surface area contributed by atoms with Crippen LogP contribution in [-0.4, -0.2) is 9.97 Å². The molecule has 16 heavy (non-hydrogen) atoms. The van der Waals surface area contributed by atoms with E-state index in [0.29, 0.717) is 11.6 Å². The molecule has 0 aliphatic heterocycles. The second-order valence-corrected chi connectivity index (χ2v) is 4.64. The van der Waals surface area contributed by atoms with Gasteiger partial charge in [-0.2, -0.15) is 0 Å². The lowest BCUT2D eigenvalue weighted by Crippen LogP contribution is -1.98. The van der Waals surface area contributed by atoms with Crippen molar-refractivity contribution in [3.63, 3.8) is 0 Å². The molecule has 82 valence electrons. The summed E-state index contributed by atoms with van der Waals surface area (Å²) in [5.74, 6) is 0.